The summed E-state index contributed by atoms with van der Waals surface area (Å²) in [6, 6.07) is 11.5. The molecule has 1 aliphatic rings. The third-order valence-electron chi connectivity index (χ3n) is 4.23. The second kappa shape index (κ2) is 7.54. The van der Waals surface area contributed by atoms with Crippen LogP contribution in [0.3, 0.4) is 0 Å². The largest absolute Gasteiger partial charge is 0.493 e. The smallest absolute Gasteiger partial charge is 0.241 e. The molecule has 0 saturated heterocycles. The number of hydrogen-bond acceptors (Lipinski definition) is 6. The summed E-state index contributed by atoms with van der Waals surface area (Å²) in [4.78, 5) is 16.6. The average Bonchev–Trinajstić information content (AvgIpc) is 3.30. The van der Waals surface area contributed by atoms with Crippen molar-refractivity contribution in [2.75, 3.05) is 17.7 Å². The fourth-order valence-corrected chi connectivity index (χ4v) is 4.86. The quantitative estimate of drug-likeness (QED) is 0.660. The van der Waals surface area contributed by atoms with E-state index in [0.29, 0.717) is 16.8 Å². The summed E-state index contributed by atoms with van der Waals surface area (Å²) in [6.45, 7) is 0.680. The van der Waals surface area contributed by atoms with Crippen molar-refractivity contribution in [1.29, 1.82) is 0 Å². The third-order valence-corrected chi connectivity index (χ3v) is 6.87. The molecular weight excluding hydrogens is 420 g/mol. The van der Waals surface area contributed by atoms with Gasteiger partial charge in [0, 0.05) is 22.4 Å². The number of carbonyl (C=O) groups is 1. The molecule has 4 rings (SSSR count). The van der Waals surface area contributed by atoms with Crippen molar-refractivity contribution < 1.29 is 17.9 Å². The lowest BCUT2D eigenvalue weighted by Gasteiger charge is -2.05. The van der Waals surface area contributed by atoms with Crippen LogP contribution >= 0.6 is 22.9 Å². The first-order valence-corrected chi connectivity index (χ1v) is 11.3. The van der Waals surface area contributed by atoms with E-state index in [-0.39, 0.29) is 4.90 Å². The molecule has 3 aromatic rings. The zero-order chi connectivity index (χ0) is 19.7. The van der Waals surface area contributed by atoms with Gasteiger partial charge < -0.3 is 10.1 Å². The Hall–Kier alpha value is -2.42. The van der Waals surface area contributed by atoms with Gasteiger partial charge in [-0.2, -0.15) is 0 Å². The minimum Gasteiger partial charge on any atom is -0.493 e. The number of anilines is 1. The van der Waals surface area contributed by atoms with Crippen LogP contribution in [0.15, 0.2) is 52.7 Å². The van der Waals surface area contributed by atoms with Crippen molar-refractivity contribution in [3.63, 3.8) is 0 Å². The molecule has 0 unspecified atom stereocenters. The van der Waals surface area contributed by atoms with E-state index in [4.69, 9.17) is 16.3 Å². The highest BCUT2D eigenvalue weighted by Gasteiger charge is 2.20. The first-order chi connectivity index (χ1) is 13.4. The number of rotatable bonds is 5. The number of nitrogens with zero attached hydrogens (tertiary/aromatic N) is 1. The lowest BCUT2D eigenvalue weighted by Crippen LogP contribution is -2.22. The Morgan fingerprint density at radius 1 is 1.21 bits per heavy atom. The normalized spacial score (nSPS) is 13.0. The highest BCUT2D eigenvalue weighted by atomic mass is 35.5. The molecule has 0 saturated carbocycles. The Morgan fingerprint density at radius 2 is 2.00 bits per heavy atom. The standard InChI is InChI=1S/C19H15ClN2O4S2/c20-14-2-4-15(5-3-14)28(24,25)11-18(23)22-19-21-16(10-27-19)12-1-6-17-13(9-12)7-8-26-17/h1-6,9-10H,7-8,11H2,(H,21,22,23). The van der Waals surface area contributed by atoms with Gasteiger partial charge >= 0.3 is 0 Å². The van der Waals surface area contributed by atoms with Crippen molar-refractivity contribution in [3.8, 4) is 17.0 Å². The van der Waals surface area contributed by atoms with E-state index >= 15 is 0 Å². The fourth-order valence-electron chi connectivity index (χ4n) is 2.86. The molecule has 1 aromatic heterocycles. The summed E-state index contributed by atoms with van der Waals surface area (Å²) in [6.07, 6.45) is 0.861. The van der Waals surface area contributed by atoms with Gasteiger partial charge in [0.1, 0.15) is 11.5 Å². The molecule has 0 radical (unpaired) electrons. The number of sulfone groups is 1. The molecule has 144 valence electrons. The van der Waals surface area contributed by atoms with Crippen molar-refractivity contribution in [1.82, 2.24) is 4.98 Å². The zero-order valence-corrected chi connectivity index (χ0v) is 16.9. The van der Waals surface area contributed by atoms with Crippen molar-refractivity contribution >= 4 is 43.8 Å². The van der Waals surface area contributed by atoms with E-state index in [1.165, 1.54) is 35.6 Å². The van der Waals surface area contributed by atoms with Gasteiger partial charge in [-0.1, -0.05) is 11.6 Å². The summed E-state index contributed by atoms with van der Waals surface area (Å²) in [5, 5.41) is 5.16. The van der Waals surface area contributed by atoms with Crippen LogP contribution in [-0.4, -0.2) is 31.7 Å². The number of amides is 1. The molecule has 28 heavy (non-hydrogen) atoms. The molecule has 2 heterocycles. The maximum atomic E-state index is 12.3. The second-order valence-electron chi connectivity index (χ2n) is 6.22. The van der Waals surface area contributed by atoms with E-state index in [1.807, 2.05) is 23.6 Å². The first kappa shape index (κ1) is 18.9. The average molecular weight is 435 g/mol. The van der Waals surface area contributed by atoms with E-state index in [0.717, 1.165) is 29.0 Å². The summed E-state index contributed by atoms with van der Waals surface area (Å²) >= 11 is 7.01. The number of thiazole rings is 1. The molecule has 1 amide bonds. The number of carbonyl (C=O) groups excluding carboxylic acids is 1. The Bertz CT molecular complexity index is 1140. The predicted octanol–water partition coefficient (Wildman–Crippen LogP) is 3.81. The van der Waals surface area contributed by atoms with Crippen LogP contribution < -0.4 is 10.1 Å². The molecule has 0 atom stereocenters. The maximum absolute atomic E-state index is 12.3. The summed E-state index contributed by atoms with van der Waals surface area (Å²) < 4.78 is 30.2. The van der Waals surface area contributed by atoms with Crippen molar-refractivity contribution in [2.45, 2.75) is 11.3 Å². The van der Waals surface area contributed by atoms with E-state index in [9.17, 15) is 13.2 Å². The highest BCUT2D eigenvalue weighted by Crippen LogP contribution is 2.32. The van der Waals surface area contributed by atoms with Gasteiger partial charge in [0.05, 0.1) is 17.2 Å². The number of nitrogens with one attached hydrogen (secondary N) is 1. The lowest BCUT2D eigenvalue weighted by molar-refractivity contribution is -0.113. The van der Waals surface area contributed by atoms with Crippen LogP contribution in [0.25, 0.3) is 11.3 Å². The lowest BCUT2D eigenvalue weighted by atomic mass is 10.1. The number of fused-ring (bicyclic) bond motifs is 1. The highest BCUT2D eigenvalue weighted by molar-refractivity contribution is 7.92. The van der Waals surface area contributed by atoms with Gasteiger partial charge in [-0.3, -0.25) is 4.79 Å². The number of aromatic nitrogens is 1. The molecule has 2 aromatic carbocycles. The molecule has 9 heteroatoms. The molecule has 1 aliphatic heterocycles. The number of ether oxygens (including phenoxy) is 1. The van der Waals surface area contributed by atoms with Gasteiger partial charge in [-0.15, -0.1) is 11.3 Å². The molecule has 0 aliphatic carbocycles. The number of halogens is 1. The minimum atomic E-state index is -3.76. The van der Waals surface area contributed by atoms with Gasteiger partial charge in [0.15, 0.2) is 15.0 Å². The summed E-state index contributed by atoms with van der Waals surface area (Å²) in [5.41, 5.74) is 2.77. The topological polar surface area (TPSA) is 85.4 Å². The first-order valence-electron chi connectivity index (χ1n) is 8.40. The molecule has 1 N–H and O–H groups in total. The Kier molecular flexibility index (Phi) is 5.09. The van der Waals surface area contributed by atoms with Crippen LogP contribution in [0.4, 0.5) is 5.13 Å². The Balaban J connectivity index is 1.45. The van der Waals surface area contributed by atoms with Gasteiger partial charge in [0.2, 0.25) is 5.91 Å². The predicted molar refractivity (Wildman–Crippen MR) is 109 cm³/mol. The molecule has 0 spiro atoms. The van der Waals surface area contributed by atoms with Crippen LogP contribution in [-0.2, 0) is 21.1 Å². The van der Waals surface area contributed by atoms with E-state index in [2.05, 4.69) is 10.3 Å². The van der Waals surface area contributed by atoms with Crippen LogP contribution in [0, 0.1) is 0 Å². The molecule has 6 nitrogen and oxygen atoms in total. The molecule has 0 fully saturated rings. The fraction of sp³-hybridized carbons (Fsp3) is 0.158. The van der Waals surface area contributed by atoms with Crippen LogP contribution in [0.1, 0.15) is 5.56 Å². The molecule has 0 bridgehead atoms. The maximum Gasteiger partial charge on any atom is 0.241 e. The zero-order valence-electron chi connectivity index (χ0n) is 14.5. The Morgan fingerprint density at radius 3 is 2.79 bits per heavy atom. The monoisotopic (exact) mass is 434 g/mol. The summed E-state index contributed by atoms with van der Waals surface area (Å²) in [7, 11) is -3.76. The minimum absolute atomic E-state index is 0.0484. The number of hydrogen-bond donors (Lipinski definition) is 1. The molecular formula is C19H15ClN2O4S2. The van der Waals surface area contributed by atoms with Crippen LogP contribution in [0.2, 0.25) is 5.02 Å². The van der Waals surface area contributed by atoms with E-state index in [1.54, 1.807) is 0 Å². The third kappa shape index (κ3) is 4.04. The van der Waals surface area contributed by atoms with Gasteiger partial charge in [-0.25, -0.2) is 13.4 Å². The Labute approximate surface area is 171 Å². The van der Waals surface area contributed by atoms with Crippen molar-refractivity contribution in [2.24, 2.45) is 0 Å². The van der Waals surface area contributed by atoms with Gasteiger partial charge in [0.25, 0.3) is 0 Å². The SMILES string of the molecule is O=C(CS(=O)(=O)c1ccc(Cl)cc1)Nc1nc(-c2ccc3c(c2)CCO3)cs1. The number of benzene rings is 2. The summed E-state index contributed by atoms with van der Waals surface area (Å²) in [5.74, 6) is -0.419. The van der Waals surface area contributed by atoms with Gasteiger partial charge in [-0.05, 0) is 48.0 Å². The van der Waals surface area contributed by atoms with Crippen LogP contribution in [0.5, 0.6) is 5.75 Å². The van der Waals surface area contributed by atoms with Crippen molar-refractivity contribution in [3.05, 3.63) is 58.4 Å². The second-order valence-corrected chi connectivity index (χ2v) is 9.50. The van der Waals surface area contributed by atoms with E-state index < -0.39 is 21.5 Å².